The van der Waals surface area contributed by atoms with Gasteiger partial charge in [0.15, 0.2) is 0 Å². The maximum Gasteiger partial charge on any atom is 0.411 e. The van der Waals surface area contributed by atoms with Crippen LogP contribution in [-0.2, 0) is 11.2 Å². The molecular formula is C32H29ClFN5O4. The number of rotatable bonds is 6. The van der Waals surface area contributed by atoms with Crippen LogP contribution in [0.25, 0.3) is 22.4 Å². The van der Waals surface area contributed by atoms with Crippen molar-refractivity contribution in [1.29, 1.82) is 0 Å². The number of methoxy groups -OCH3 is 1. The van der Waals surface area contributed by atoms with Gasteiger partial charge in [0.1, 0.15) is 11.6 Å². The molecule has 2 saturated carbocycles. The van der Waals surface area contributed by atoms with E-state index in [4.69, 9.17) is 11.6 Å². The first-order valence-corrected chi connectivity index (χ1v) is 14.7. The fourth-order valence-corrected chi connectivity index (χ4v) is 6.12. The number of nitrogens with one attached hydrogen (secondary N) is 3. The molecule has 2 aromatic carbocycles. The summed E-state index contributed by atoms with van der Waals surface area (Å²) in [5.41, 5.74) is 2.79. The maximum absolute atomic E-state index is 15.6. The van der Waals surface area contributed by atoms with E-state index in [9.17, 15) is 14.4 Å². The number of H-pyrrole nitrogens is 1. The molecule has 2 aromatic heterocycles. The van der Waals surface area contributed by atoms with Crippen molar-refractivity contribution in [3.8, 4) is 22.4 Å². The summed E-state index contributed by atoms with van der Waals surface area (Å²) in [7, 11) is 1.30. The van der Waals surface area contributed by atoms with Crippen LogP contribution in [0.1, 0.15) is 59.9 Å². The van der Waals surface area contributed by atoms with Gasteiger partial charge in [0.25, 0.3) is 11.5 Å². The number of hydrogen-bond donors (Lipinski definition) is 3. The van der Waals surface area contributed by atoms with Gasteiger partial charge >= 0.3 is 6.09 Å². The Morgan fingerprint density at radius 3 is 2.65 bits per heavy atom. The Morgan fingerprint density at radius 2 is 1.95 bits per heavy atom. The molecule has 0 bridgehead atoms. The van der Waals surface area contributed by atoms with E-state index < -0.39 is 23.5 Å². The predicted octanol–water partition coefficient (Wildman–Crippen LogP) is 6.08. The molecule has 7 rings (SSSR count). The van der Waals surface area contributed by atoms with Crippen LogP contribution in [0.3, 0.4) is 0 Å². The van der Waals surface area contributed by atoms with Crippen LogP contribution in [-0.4, -0.2) is 39.2 Å². The molecule has 0 radical (unpaired) electrons. The van der Waals surface area contributed by atoms with Crippen LogP contribution in [0.15, 0.2) is 59.7 Å². The Bertz CT molecular complexity index is 1820. The number of amides is 2. The highest BCUT2D eigenvalue weighted by Crippen LogP contribution is 2.45. The zero-order valence-electron chi connectivity index (χ0n) is 23.4. The molecule has 1 spiro atoms. The number of pyridine rings is 1. The molecule has 0 unspecified atom stereocenters. The molecule has 220 valence electrons. The van der Waals surface area contributed by atoms with Crippen molar-refractivity contribution in [2.45, 2.75) is 50.1 Å². The van der Waals surface area contributed by atoms with E-state index in [1.165, 1.54) is 19.2 Å². The Kier molecular flexibility index (Phi) is 6.61. The first-order chi connectivity index (χ1) is 20.7. The van der Waals surface area contributed by atoms with Crippen LogP contribution in [0.5, 0.6) is 0 Å². The van der Waals surface area contributed by atoms with E-state index in [1.807, 2.05) is 12.1 Å². The molecular weight excluding hydrogens is 573 g/mol. The Morgan fingerprint density at radius 1 is 1.19 bits per heavy atom. The number of ether oxygens (including phenoxy) is 1. The fraction of sp³-hybridized carbons (Fsp3) is 0.312. The molecule has 1 atom stereocenters. The van der Waals surface area contributed by atoms with E-state index in [-0.39, 0.29) is 33.2 Å². The number of halogens is 2. The lowest BCUT2D eigenvalue weighted by Crippen LogP contribution is -2.41. The standard InChI is InChI=1S/C32H29ClFN5O4/c1-43-31(42)36-20-7-4-18(5-8-20)24-15-35-29(37-24)25(12-17-2-3-17)39-16-22-21(13-26(39)40)27-19(6-9-23(33)28(27)34)14-32(10-11-32)38-30(22)41/h4-9,13,15-17,25H,2-3,10-12,14H2,1H3,(H,35,37)(H,36,42)(H,38,41)/t25-/m1/s1. The molecule has 11 heteroatoms. The lowest BCUT2D eigenvalue weighted by Gasteiger charge is -2.26. The largest absolute Gasteiger partial charge is 0.453 e. The van der Waals surface area contributed by atoms with E-state index in [0.717, 1.165) is 42.5 Å². The Hall–Kier alpha value is -4.44. The number of aromatic amines is 1. The smallest absolute Gasteiger partial charge is 0.411 e. The van der Waals surface area contributed by atoms with Crippen molar-refractivity contribution in [1.82, 2.24) is 19.9 Å². The molecule has 0 saturated heterocycles. The van der Waals surface area contributed by atoms with E-state index in [2.05, 4.69) is 25.3 Å². The maximum atomic E-state index is 15.6. The zero-order valence-corrected chi connectivity index (χ0v) is 24.1. The third-order valence-corrected chi connectivity index (χ3v) is 8.96. The van der Waals surface area contributed by atoms with Crippen LogP contribution in [0, 0.1) is 11.7 Å². The highest BCUT2D eigenvalue weighted by Gasteiger charge is 2.46. The Balaban J connectivity index is 1.29. The number of carbonyl (C=O) groups is 2. The number of carbonyl (C=O) groups excluding carboxylic acids is 2. The van der Waals surface area contributed by atoms with Gasteiger partial charge in [0, 0.05) is 34.6 Å². The molecule has 2 fully saturated rings. The predicted molar refractivity (Wildman–Crippen MR) is 160 cm³/mol. The van der Waals surface area contributed by atoms with Gasteiger partial charge in [0.05, 0.1) is 35.6 Å². The van der Waals surface area contributed by atoms with E-state index >= 15 is 4.39 Å². The molecule has 4 aromatic rings. The first-order valence-electron chi connectivity index (χ1n) is 14.3. The summed E-state index contributed by atoms with van der Waals surface area (Å²) in [6.45, 7) is 0. The minimum atomic E-state index is -0.624. The van der Waals surface area contributed by atoms with Gasteiger partial charge in [-0.1, -0.05) is 42.6 Å². The van der Waals surface area contributed by atoms with Gasteiger partial charge in [0.2, 0.25) is 0 Å². The third kappa shape index (κ3) is 5.20. The van der Waals surface area contributed by atoms with Crippen LogP contribution >= 0.6 is 11.6 Å². The van der Waals surface area contributed by atoms with Crippen molar-refractivity contribution in [3.63, 3.8) is 0 Å². The number of imidazole rings is 1. The van der Waals surface area contributed by atoms with E-state index in [0.29, 0.717) is 30.3 Å². The average molecular weight is 602 g/mol. The number of aromatic nitrogens is 3. The summed E-state index contributed by atoms with van der Waals surface area (Å²) < 4.78 is 21.8. The second kappa shape index (κ2) is 10.4. The number of benzene rings is 2. The minimum Gasteiger partial charge on any atom is -0.453 e. The van der Waals surface area contributed by atoms with Crippen molar-refractivity contribution < 1.29 is 18.7 Å². The van der Waals surface area contributed by atoms with Gasteiger partial charge in [-0.3, -0.25) is 14.9 Å². The minimum absolute atomic E-state index is 0.0523. The lowest BCUT2D eigenvalue weighted by molar-refractivity contribution is 0.0930. The van der Waals surface area contributed by atoms with Gasteiger partial charge in [-0.15, -0.1) is 0 Å². The second-order valence-corrected chi connectivity index (χ2v) is 12.1. The van der Waals surface area contributed by atoms with Gasteiger partial charge in [-0.2, -0.15) is 0 Å². The zero-order chi connectivity index (χ0) is 29.9. The number of anilines is 1. The average Bonchev–Trinajstić information content (AvgIpc) is 3.92. The fourth-order valence-electron chi connectivity index (χ4n) is 5.96. The summed E-state index contributed by atoms with van der Waals surface area (Å²) in [6, 6.07) is 11.4. The molecule has 3 aliphatic rings. The quantitative estimate of drug-likeness (QED) is 0.247. The summed E-state index contributed by atoms with van der Waals surface area (Å²) in [5.74, 6) is 0.0512. The highest BCUT2D eigenvalue weighted by molar-refractivity contribution is 6.31. The van der Waals surface area contributed by atoms with Crippen LogP contribution in [0.4, 0.5) is 14.9 Å². The topological polar surface area (TPSA) is 118 Å². The molecule has 2 amide bonds. The summed E-state index contributed by atoms with van der Waals surface area (Å²) in [5, 5.41) is 5.72. The first kappa shape index (κ1) is 27.4. The molecule has 2 aliphatic carbocycles. The van der Waals surface area contributed by atoms with Gasteiger partial charge in [-0.25, -0.2) is 14.2 Å². The highest BCUT2D eigenvalue weighted by atomic mass is 35.5. The monoisotopic (exact) mass is 601 g/mol. The third-order valence-electron chi connectivity index (χ3n) is 8.66. The SMILES string of the molecule is COC(=O)Nc1ccc(-c2cnc([C@@H](CC3CC3)n3cc4c(cc3=O)-c3c(ccc(Cl)c3F)CC3(CC3)NC4=O)[nH]2)cc1. The normalized spacial score (nSPS) is 17.2. The van der Waals surface area contributed by atoms with Crippen molar-refractivity contribution >= 4 is 29.3 Å². The van der Waals surface area contributed by atoms with Crippen molar-refractivity contribution in [2.24, 2.45) is 5.92 Å². The summed E-state index contributed by atoms with van der Waals surface area (Å²) in [4.78, 5) is 47.0. The molecule has 1 aliphatic heterocycles. The second-order valence-electron chi connectivity index (χ2n) is 11.7. The molecule has 43 heavy (non-hydrogen) atoms. The van der Waals surface area contributed by atoms with Gasteiger partial charge < -0.3 is 19.6 Å². The number of hydrogen-bond acceptors (Lipinski definition) is 5. The number of nitrogens with zero attached hydrogens (tertiary/aromatic N) is 2. The Labute approximate surface area is 251 Å². The van der Waals surface area contributed by atoms with Crippen molar-refractivity contribution in [3.05, 3.63) is 93.0 Å². The molecule has 3 N–H and O–H groups in total. The van der Waals surface area contributed by atoms with Crippen molar-refractivity contribution in [2.75, 3.05) is 12.4 Å². The molecule has 3 heterocycles. The molecule has 9 nitrogen and oxygen atoms in total. The number of fused-ring (bicyclic) bond motifs is 3. The van der Waals surface area contributed by atoms with Gasteiger partial charge in [-0.05, 0) is 60.9 Å². The summed E-state index contributed by atoms with van der Waals surface area (Å²) in [6.07, 6.45) is 7.55. The summed E-state index contributed by atoms with van der Waals surface area (Å²) >= 11 is 6.19. The van der Waals surface area contributed by atoms with Crippen LogP contribution in [0.2, 0.25) is 5.02 Å². The lowest BCUT2D eigenvalue weighted by atomic mass is 9.89. The van der Waals surface area contributed by atoms with Crippen LogP contribution < -0.4 is 16.2 Å². The van der Waals surface area contributed by atoms with E-state index in [1.54, 1.807) is 35.2 Å².